The van der Waals surface area contributed by atoms with Crippen molar-refractivity contribution in [3.63, 3.8) is 0 Å². The molecule has 0 radical (unpaired) electrons. The molecule has 4 rings (SSSR count). The summed E-state index contributed by atoms with van der Waals surface area (Å²) in [6.45, 7) is 4.53. The lowest BCUT2D eigenvalue weighted by atomic mass is 10.2. The van der Waals surface area contributed by atoms with Gasteiger partial charge in [0.1, 0.15) is 4.32 Å². The van der Waals surface area contributed by atoms with Crippen LogP contribution in [0, 0.1) is 13.8 Å². The van der Waals surface area contributed by atoms with Gasteiger partial charge in [0.05, 0.1) is 23.3 Å². The van der Waals surface area contributed by atoms with Crippen LogP contribution in [0.3, 0.4) is 0 Å². The molecule has 1 saturated heterocycles. The second kappa shape index (κ2) is 7.69. The van der Waals surface area contributed by atoms with Crippen molar-refractivity contribution in [2.45, 2.75) is 20.4 Å². The van der Waals surface area contributed by atoms with Gasteiger partial charge in [0.25, 0.3) is 5.91 Å². The van der Waals surface area contributed by atoms with Crippen molar-refractivity contribution in [3.05, 3.63) is 82.5 Å². The Labute approximate surface area is 173 Å². The van der Waals surface area contributed by atoms with Crippen LogP contribution >= 0.6 is 24.0 Å². The zero-order chi connectivity index (χ0) is 19.7. The highest BCUT2D eigenvalue weighted by Gasteiger charge is 2.32. The molecule has 0 saturated carbocycles. The van der Waals surface area contributed by atoms with Crippen LogP contribution in [0.25, 0.3) is 11.8 Å². The summed E-state index contributed by atoms with van der Waals surface area (Å²) in [4.78, 5) is 23.5. The van der Waals surface area contributed by atoms with E-state index in [4.69, 9.17) is 12.2 Å². The maximum Gasteiger partial charge on any atom is 0.266 e. The molecule has 0 unspecified atom stereocenters. The van der Waals surface area contributed by atoms with Crippen LogP contribution in [0.5, 0.6) is 0 Å². The van der Waals surface area contributed by atoms with Crippen molar-refractivity contribution in [1.82, 2.24) is 19.4 Å². The molecule has 1 aliphatic heterocycles. The van der Waals surface area contributed by atoms with E-state index in [0.717, 1.165) is 28.2 Å². The maximum atomic E-state index is 12.9. The number of aromatic nitrogens is 3. The first-order chi connectivity index (χ1) is 13.5. The van der Waals surface area contributed by atoms with E-state index in [1.54, 1.807) is 23.5 Å². The molecule has 0 N–H and O–H groups in total. The van der Waals surface area contributed by atoms with E-state index in [0.29, 0.717) is 15.8 Å². The molecule has 0 spiro atoms. The third kappa shape index (κ3) is 3.50. The van der Waals surface area contributed by atoms with Crippen LogP contribution in [-0.2, 0) is 11.3 Å². The second-order valence-electron chi connectivity index (χ2n) is 6.50. The zero-order valence-corrected chi connectivity index (χ0v) is 17.1. The third-order valence-electron chi connectivity index (χ3n) is 4.60. The molecule has 1 fully saturated rings. The van der Waals surface area contributed by atoms with Crippen molar-refractivity contribution < 1.29 is 4.79 Å². The highest BCUT2D eigenvalue weighted by molar-refractivity contribution is 8.26. The van der Waals surface area contributed by atoms with E-state index in [1.165, 1.54) is 11.8 Å². The molecule has 7 heteroatoms. The minimum Gasteiger partial charge on any atom is -0.316 e. The summed E-state index contributed by atoms with van der Waals surface area (Å²) in [5.74, 6) is -0.0648. The molecular formula is C21H18N4OS2. The van der Waals surface area contributed by atoms with Gasteiger partial charge < -0.3 is 4.57 Å². The largest absolute Gasteiger partial charge is 0.316 e. The van der Waals surface area contributed by atoms with Crippen LogP contribution in [0.15, 0.2) is 60.0 Å². The summed E-state index contributed by atoms with van der Waals surface area (Å²) in [5, 5.41) is 0. The van der Waals surface area contributed by atoms with Gasteiger partial charge in [0, 0.05) is 30.0 Å². The van der Waals surface area contributed by atoms with Crippen LogP contribution in [0.1, 0.15) is 22.5 Å². The van der Waals surface area contributed by atoms with Gasteiger partial charge in [-0.25, -0.2) is 0 Å². The number of carbonyl (C=O) groups is 1. The quantitative estimate of drug-likeness (QED) is 0.478. The Balaban J connectivity index is 1.63. The molecule has 0 aromatic carbocycles. The number of aryl methyl sites for hydroxylation is 1. The maximum absolute atomic E-state index is 12.9. The first kappa shape index (κ1) is 18.6. The van der Waals surface area contributed by atoms with Crippen molar-refractivity contribution in [2.75, 3.05) is 0 Å². The van der Waals surface area contributed by atoms with E-state index in [1.807, 2.05) is 50.4 Å². The first-order valence-corrected chi connectivity index (χ1v) is 10.0. The van der Waals surface area contributed by atoms with Gasteiger partial charge in [0.2, 0.25) is 0 Å². The van der Waals surface area contributed by atoms with E-state index in [-0.39, 0.29) is 5.91 Å². The van der Waals surface area contributed by atoms with E-state index in [9.17, 15) is 4.79 Å². The van der Waals surface area contributed by atoms with Crippen LogP contribution in [0.2, 0.25) is 0 Å². The summed E-state index contributed by atoms with van der Waals surface area (Å²) in [6.07, 6.45) is 8.98. The number of amides is 1. The summed E-state index contributed by atoms with van der Waals surface area (Å²) in [5.41, 5.74) is 5.10. The molecule has 1 amide bonds. The predicted molar refractivity (Wildman–Crippen MR) is 116 cm³/mol. The van der Waals surface area contributed by atoms with Crippen LogP contribution in [0.4, 0.5) is 0 Å². The smallest absolute Gasteiger partial charge is 0.266 e. The van der Waals surface area contributed by atoms with Crippen LogP contribution in [-0.4, -0.2) is 29.7 Å². The molecule has 28 heavy (non-hydrogen) atoms. The van der Waals surface area contributed by atoms with Gasteiger partial charge >= 0.3 is 0 Å². The number of thiocarbonyl (C=S) groups is 1. The number of hydrogen-bond acceptors (Lipinski definition) is 5. The number of nitrogens with zero attached hydrogens (tertiary/aromatic N) is 4. The zero-order valence-electron chi connectivity index (χ0n) is 15.5. The topological polar surface area (TPSA) is 51.0 Å². The number of carbonyl (C=O) groups excluding carboxylic acids is 1. The number of hydrogen-bond donors (Lipinski definition) is 0. The minimum atomic E-state index is -0.0648. The summed E-state index contributed by atoms with van der Waals surface area (Å²) in [7, 11) is 0. The van der Waals surface area contributed by atoms with Gasteiger partial charge in [-0.3, -0.25) is 19.7 Å². The molecule has 140 valence electrons. The standard InChI is InChI=1S/C21H18N4OS2/c1-14-9-17(15(2)25(14)18-6-4-8-23-12-18)10-19-20(26)24(21(27)28-19)13-16-5-3-7-22-11-16/h3-12H,13H2,1-2H3/b19-10-. The van der Waals surface area contributed by atoms with Gasteiger partial charge in [-0.15, -0.1) is 0 Å². The molecule has 4 heterocycles. The lowest BCUT2D eigenvalue weighted by Crippen LogP contribution is -2.27. The molecule has 0 bridgehead atoms. The third-order valence-corrected chi connectivity index (χ3v) is 5.98. The number of thioether (sulfide) groups is 1. The van der Waals surface area contributed by atoms with Gasteiger partial charge in [-0.1, -0.05) is 30.0 Å². The lowest BCUT2D eigenvalue weighted by Gasteiger charge is -2.13. The van der Waals surface area contributed by atoms with E-state index < -0.39 is 0 Å². The Morgan fingerprint density at radius 3 is 2.57 bits per heavy atom. The fourth-order valence-corrected chi connectivity index (χ4v) is 4.51. The predicted octanol–water partition coefficient (Wildman–Crippen LogP) is 4.29. The average Bonchev–Trinajstić information content (AvgIpc) is 3.13. The van der Waals surface area contributed by atoms with Crippen LogP contribution < -0.4 is 0 Å². The Kier molecular flexibility index (Phi) is 5.11. The fourth-order valence-electron chi connectivity index (χ4n) is 3.27. The highest BCUT2D eigenvalue weighted by atomic mass is 32.2. The molecular weight excluding hydrogens is 388 g/mol. The lowest BCUT2D eigenvalue weighted by molar-refractivity contribution is -0.122. The second-order valence-corrected chi connectivity index (χ2v) is 8.18. The molecule has 3 aromatic heterocycles. The fraction of sp³-hybridized carbons (Fsp3) is 0.143. The summed E-state index contributed by atoms with van der Waals surface area (Å²) in [6, 6.07) is 9.81. The Morgan fingerprint density at radius 2 is 1.89 bits per heavy atom. The van der Waals surface area contributed by atoms with Gasteiger partial charge in [0.15, 0.2) is 0 Å². The Morgan fingerprint density at radius 1 is 1.14 bits per heavy atom. The SMILES string of the molecule is Cc1cc(/C=C2\SC(=S)N(Cc3cccnc3)C2=O)c(C)n1-c1cccnc1. The van der Waals surface area contributed by atoms with E-state index >= 15 is 0 Å². The first-order valence-electron chi connectivity index (χ1n) is 8.78. The van der Waals surface area contributed by atoms with Crippen molar-refractivity contribution in [1.29, 1.82) is 0 Å². The van der Waals surface area contributed by atoms with Crippen molar-refractivity contribution in [3.8, 4) is 5.69 Å². The molecule has 1 aliphatic rings. The van der Waals surface area contributed by atoms with Crippen molar-refractivity contribution >= 4 is 40.3 Å². The molecule has 0 atom stereocenters. The Bertz CT molecular complexity index is 1070. The number of pyridine rings is 2. The summed E-state index contributed by atoms with van der Waals surface area (Å²) >= 11 is 6.79. The monoisotopic (exact) mass is 406 g/mol. The van der Waals surface area contributed by atoms with Crippen molar-refractivity contribution in [2.24, 2.45) is 0 Å². The summed E-state index contributed by atoms with van der Waals surface area (Å²) < 4.78 is 2.70. The average molecular weight is 407 g/mol. The van der Waals surface area contributed by atoms with E-state index in [2.05, 4.69) is 20.6 Å². The Hall–Kier alpha value is -2.77. The molecule has 3 aromatic rings. The van der Waals surface area contributed by atoms with Gasteiger partial charge in [-0.2, -0.15) is 0 Å². The van der Waals surface area contributed by atoms with Gasteiger partial charge in [-0.05, 0) is 55.3 Å². The highest BCUT2D eigenvalue weighted by Crippen LogP contribution is 2.34. The minimum absolute atomic E-state index is 0.0648. The molecule has 0 aliphatic carbocycles. The molecule has 5 nitrogen and oxygen atoms in total. The normalized spacial score (nSPS) is 15.6. The number of rotatable bonds is 4.